The molecule has 2 aromatic rings. The SMILES string of the molecule is CCN1CCC[C@@H](CN(C)c2ccnc(C#N)c2)[C@@H]1c1cnn(C)c1. The average Bonchev–Trinajstić information content (AvgIpc) is 3.07. The van der Waals surface area contributed by atoms with Crippen LogP contribution in [0.4, 0.5) is 5.69 Å². The Morgan fingerprint density at radius 2 is 2.28 bits per heavy atom. The minimum Gasteiger partial charge on any atom is -0.374 e. The number of hydrogen-bond donors (Lipinski definition) is 0. The van der Waals surface area contributed by atoms with Crippen LogP contribution >= 0.6 is 0 Å². The van der Waals surface area contributed by atoms with Gasteiger partial charge in [0.05, 0.1) is 6.20 Å². The molecule has 3 rings (SSSR count). The fourth-order valence-electron chi connectivity index (χ4n) is 3.95. The van der Waals surface area contributed by atoms with Crippen molar-refractivity contribution < 1.29 is 0 Å². The highest BCUT2D eigenvalue weighted by molar-refractivity contribution is 5.48. The first-order valence-electron chi connectivity index (χ1n) is 8.92. The highest BCUT2D eigenvalue weighted by Gasteiger charge is 2.33. The van der Waals surface area contributed by atoms with Gasteiger partial charge in [-0.1, -0.05) is 6.92 Å². The van der Waals surface area contributed by atoms with Crippen molar-refractivity contribution in [3.05, 3.63) is 42.0 Å². The normalized spacial score (nSPS) is 21.0. The first-order valence-corrected chi connectivity index (χ1v) is 8.92. The topological polar surface area (TPSA) is 61.0 Å². The maximum Gasteiger partial charge on any atom is 0.142 e. The molecular formula is C19H26N6. The van der Waals surface area contributed by atoms with Crippen LogP contribution in [0.1, 0.15) is 37.1 Å². The summed E-state index contributed by atoms with van der Waals surface area (Å²) < 4.78 is 1.89. The Hall–Kier alpha value is -2.39. The van der Waals surface area contributed by atoms with Gasteiger partial charge in [0.25, 0.3) is 0 Å². The third-order valence-corrected chi connectivity index (χ3v) is 5.14. The van der Waals surface area contributed by atoms with Gasteiger partial charge >= 0.3 is 0 Å². The molecule has 0 unspecified atom stereocenters. The number of likely N-dealkylation sites (tertiary alicyclic amines) is 1. The number of aromatic nitrogens is 3. The maximum atomic E-state index is 9.08. The molecule has 132 valence electrons. The summed E-state index contributed by atoms with van der Waals surface area (Å²) in [5, 5.41) is 13.5. The molecule has 6 heteroatoms. The lowest BCUT2D eigenvalue weighted by Crippen LogP contribution is -2.42. The zero-order valence-electron chi connectivity index (χ0n) is 15.3. The van der Waals surface area contributed by atoms with Gasteiger partial charge in [-0.3, -0.25) is 9.58 Å². The van der Waals surface area contributed by atoms with E-state index < -0.39 is 0 Å². The molecule has 0 amide bonds. The van der Waals surface area contributed by atoms with Crippen molar-refractivity contribution in [2.75, 3.05) is 31.6 Å². The summed E-state index contributed by atoms with van der Waals surface area (Å²) in [5.74, 6) is 0.529. The molecule has 0 aliphatic carbocycles. The van der Waals surface area contributed by atoms with Gasteiger partial charge in [-0.2, -0.15) is 10.4 Å². The van der Waals surface area contributed by atoms with Crippen LogP contribution < -0.4 is 4.90 Å². The van der Waals surface area contributed by atoms with Gasteiger partial charge in [-0.25, -0.2) is 4.98 Å². The number of hydrogen-bond acceptors (Lipinski definition) is 5. The van der Waals surface area contributed by atoms with Gasteiger partial charge in [-0.15, -0.1) is 0 Å². The van der Waals surface area contributed by atoms with E-state index in [1.165, 1.54) is 18.4 Å². The quantitative estimate of drug-likeness (QED) is 0.838. The minimum atomic E-state index is 0.396. The molecule has 2 aromatic heterocycles. The van der Waals surface area contributed by atoms with Gasteiger partial charge in [0.15, 0.2) is 0 Å². The summed E-state index contributed by atoms with van der Waals surface area (Å²) in [6.45, 7) is 5.38. The van der Waals surface area contributed by atoms with E-state index in [9.17, 15) is 0 Å². The summed E-state index contributed by atoms with van der Waals surface area (Å²) in [6.07, 6.45) is 8.29. The van der Waals surface area contributed by atoms with Crippen LogP contribution in [0.5, 0.6) is 0 Å². The lowest BCUT2D eigenvalue weighted by Gasteiger charge is -2.42. The summed E-state index contributed by atoms with van der Waals surface area (Å²) >= 11 is 0. The molecule has 0 radical (unpaired) electrons. The van der Waals surface area contributed by atoms with E-state index in [0.29, 0.717) is 17.7 Å². The predicted octanol–water partition coefficient (Wildman–Crippen LogP) is 2.60. The molecule has 0 aromatic carbocycles. The highest BCUT2D eigenvalue weighted by atomic mass is 15.3. The number of anilines is 1. The standard InChI is InChI=1S/C19H26N6/c1-4-25-9-5-6-15(19(25)16-12-22-24(3)14-16)13-23(2)18-7-8-21-17(10-18)11-20/h7-8,10,12,14-15,19H,4-6,9,13H2,1-3H3/t15-,19+/m0/s1. The fourth-order valence-corrected chi connectivity index (χ4v) is 3.95. The highest BCUT2D eigenvalue weighted by Crippen LogP contribution is 2.36. The van der Waals surface area contributed by atoms with E-state index in [1.807, 2.05) is 30.1 Å². The Morgan fingerprint density at radius 3 is 2.96 bits per heavy atom. The van der Waals surface area contributed by atoms with Crippen LogP contribution in [0, 0.1) is 17.2 Å². The largest absolute Gasteiger partial charge is 0.374 e. The summed E-state index contributed by atoms with van der Waals surface area (Å²) in [5.41, 5.74) is 2.81. The third-order valence-electron chi connectivity index (χ3n) is 5.14. The fraction of sp³-hybridized carbons (Fsp3) is 0.526. The Balaban J connectivity index is 1.81. The third kappa shape index (κ3) is 3.83. The molecular weight excluding hydrogens is 312 g/mol. The molecule has 1 fully saturated rings. The number of rotatable bonds is 5. The Labute approximate surface area is 149 Å². The van der Waals surface area contributed by atoms with Gasteiger partial charge in [0.1, 0.15) is 11.8 Å². The molecule has 0 bridgehead atoms. The summed E-state index contributed by atoms with van der Waals surface area (Å²) in [4.78, 5) is 8.88. The first-order chi connectivity index (χ1) is 12.1. The van der Waals surface area contributed by atoms with Gasteiger partial charge in [-0.05, 0) is 44.0 Å². The van der Waals surface area contributed by atoms with Crippen molar-refractivity contribution in [3.63, 3.8) is 0 Å². The second-order valence-electron chi connectivity index (χ2n) is 6.81. The van der Waals surface area contributed by atoms with E-state index in [0.717, 1.165) is 25.3 Å². The number of nitrogens with zero attached hydrogens (tertiary/aromatic N) is 6. The molecule has 1 saturated heterocycles. The molecule has 1 aliphatic heterocycles. The molecule has 2 atom stereocenters. The molecule has 1 aliphatic rings. The Kier molecular flexibility index (Phi) is 5.34. The monoisotopic (exact) mass is 338 g/mol. The van der Waals surface area contributed by atoms with Crippen molar-refractivity contribution >= 4 is 5.69 Å². The average molecular weight is 338 g/mol. The van der Waals surface area contributed by atoms with Crippen molar-refractivity contribution in [1.29, 1.82) is 5.26 Å². The lowest BCUT2D eigenvalue weighted by molar-refractivity contribution is 0.101. The zero-order chi connectivity index (χ0) is 17.8. The Bertz CT molecular complexity index is 746. The van der Waals surface area contributed by atoms with Crippen molar-refractivity contribution in [2.24, 2.45) is 13.0 Å². The molecule has 0 spiro atoms. The minimum absolute atomic E-state index is 0.396. The van der Waals surface area contributed by atoms with E-state index in [-0.39, 0.29) is 0 Å². The maximum absolute atomic E-state index is 9.08. The van der Waals surface area contributed by atoms with E-state index in [1.54, 1.807) is 6.20 Å². The number of pyridine rings is 1. The second kappa shape index (κ2) is 7.66. The van der Waals surface area contributed by atoms with Crippen LogP contribution in [0.2, 0.25) is 0 Å². The van der Waals surface area contributed by atoms with Crippen molar-refractivity contribution in [1.82, 2.24) is 19.7 Å². The van der Waals surface area contributed by atoms with Crippen LogP contribution in [0.15, 0.2) is 30.7 Å². The van der Waals surface area contributed by atoms with E-state index in [4.69, 9.17) is 5.26 Å². The van der Waals surface area contributed by atoms with Crippen LogP contribution in [-0.4, -0.2) is 46.3 Å². The lowest BCUT2D eigenvalue weighted by atomic mass is 9.85. The molecule has 0 saturated carbocycles. The van der Waals surface area contributed by atoms with Crippen molar-refractivity contribution in [2.45, 2.75) is 25.8 Å². The summed E-state index contributed by atoms with van der Waals surface area (Å²) in [6, 6.07) is 6.35. The number of nitriles is 1. The molecule has 0 N–H and O–H groups in total. The number of piperidine rings is 1. The summed E-state index contributed by atoms with van der Waals surface area (Å²) in [7, 11) is 4.08. The van der Waals surface area contributed by atoms with E-state index >= 15 is 0 Å². The Morgan fingerprint density at radius 1 is 1.44 bits per heavy atom. The number of aryl methyl sites for hydroxylation is 1. The molecule has 6 nitrogen and oxygen atoms in total. The first kappa shape index (κ1) is 17.4. The van der Waals surface area contributed by atoms with Crippen molar-refractivity contribution in [3.8, 4) is 6.07 Å². The molecule has 3 heterocycles. The van der Waals surface area contributed by atoms with Gasteiger partial charge in [0.2, 0.25) is 0 Å². The van der Waals surface area contributed by atoms with Gasteiger partial charge < -0.3 is 4.90 Å². The van der Waals surface area contributed by atoms with Crippen LogP contribution in [-0.2, 0) is 7.05 Å². The van der Waals surface area contributed by atoms with E-state index in [2.05, 4.69) is 46.1 Å². The molecule has 25 heavy (non-hydrogen) atoms. The van der Waals surface area contributed by atoms with Crippen LogP contribution in [0.25, 0.3) is 0 Å². The van der Waals surface area contributed by atoms with Crippen LogP contribution in [0.3, 0.4) is 0 Å². The van der Waals surface area contributed by atoms with Gasteiger partial charge in [0, 0.05) is 50.3 Å². The predicted molar refractivity (Wildman–Crippen MR) is 98.1 cm³/mol. The smallest absolute Gasteiger partial charge is 0.142 e. The second-order valence-corrected chi connectivity index (χ2v) is 6.81. The zero-order valence-corrected chi connectivity index (χ0v) is 15.3.